The van der Waals surface area contributed by atoms with E-state index in [1.165, 1.54) is 24.0 Å². The zero-order chi connectivity index (χ0) is 10.9. The molecule has 0 heterocycles. The third kappa shape index (κ3) is 2.06. The highest BCUT2D eigenvalue weighted by Gasteiger charge is 2.45. The first-order valence-corrected chi connectivity index (χ1v) is 5.74. The van der Waals surface area contributed by atoms with Crippen molar-refractivity contribution in [2.24, 2.45) is 11.3 Å². The third-order valence-electron chi connectivity index (χ3n) is 3.59. The quantitative estimate of drug-likeness (QED) is 0.584. The Balaban J connectivity index is 2.26. The lowest BCUT2D eigenvalue weighted by molar-refractivity contribution is 0.372. The monoisotopic (exact) mass is 204 g/mol. The van der Waals surface area contributed by atoms with Gasteiger partial charge in [-0.3, -0.25) is 11.3 Å². The first kappa shape index (κ1) is 10.7. The van der Waals surface area contributed by atoms with Gasteiger partial charge in [0.1, 0.15) is 0 Å². The van der Waals surface area contributed by atoms with Crippen molar-refractivity contribution < 1.29 is 0 Å². The maximum absolute atomic E-state index is 5.67. The van der Waals surface area contributed by atoms with E-state index in [1.807, 2.05) is 0 Å². The zero-order valence-corrected chi connectivity index (χ0v) is 9.59. The van der Waals surface area contributed by atoms with Gasteiger partial charge in [0.2, 0.25) is 0 Å². The van der Waals surface area contributed by atoms with Gasteiger partial charge in [0.25, 0.3) is 0 Å². The molecule has 1 aliphatic rings. The predicted molar refractivity (Wildman–Crippen MR) is 63.2 cm³/mol. The van der Waals surface area contributed by atoms with Gasteiger partial charge in [-0.2, -0.15) is 0 Å². The van der Waals surface area contributed by atoms with Crippen LogP contribution in [0.2, 0.25) is 0 Å². The summed E-state index contributed by atoms with van der Waals surface area (Å²) in [4.78, 5) is 0. The predicted octanol–water partition coefficient (Wildman–Crippen LogP) is 2.55. The average molecular weight is 204 g/mol. The van der Waals surface area contributed by atoms with E-state index >= 15 is 0 Å². The molecular formula is C13H20N2. The molecule has 0 amide bonds. The van der Waals surface area contributed by atoms with Gasteiger partial charge in [0.15, 0.2) is 0 Å². The fourth-order valence-corrected chi connectivity index (χ4v) is 2.18. The number of benzene rings is 1. The Hall–Kier alpha value is -0.860. The molecule has 0 radical (unpaired) electrons. The molecular weight excluding hydrogens is 184 g/mol. The van der Waals surface area contributed by atoms with Gasteiger partial charge >= 0.3 is 0 Å². The fourth-order valence-electron chi connectivity index (χ4n) is 2.18. The Labute approximate surface area is 91.8 Å². The van der Waals surface area contributed by atoms with E-state index in [9.17, 15) is 0 Å². The van der Waals surface area contributed by atoms with E-state index in [2.05, 4.69) is 43.5 Å². The van der Waals surface area contributed by atoms with Gasteiger partial charge in [-0.15, -0.1) is 0 Å². The number of hydrogen-bond acceptors (Lipinski definition) is 2. The summed E-state index contributed by atoms with van der Waals surface area (Å²) in [5.41, 5.74) is 6.06. The molecule has 1 saturated carbocycles. The van der Waals surface area contributed by atoms with Gasteiger partial charge in [0, 0.05) is 0 Å². The molecule has 2 heteroatoms. The number of nitrogens with two attached hydrogens (primary N) is 1. The van der Waals surface area contributed by atoms with E-state index < -0.39 is 0 Å². The first-order chi connectivity index (χ1) is 7.19. The molecule has 82 valence electrons. The molecule has 1 unspecified atom stereocenters. The van der Waals surface area contributed by atoms with Crippen molar-refractivity contribution in [3.63, 3.8) is 0 Å². The van der Waals surface area contributed by atoms with Crippen LogP contribution in [0.3, 0.4) is 0 Å². The first-order valence-electron chi connectivity index (χ1n) is 5.74. The second-order valence-corrected chi connectivity index (χ2v) is 4.85. The van der Waals surface area contributed by atoms with Gasteiger partial charge < -0.3 is 0 Å². The maximum atomic E-state index is 5.67. The molecule has 0 bridgehead atoms. The number of aryl methyl sites for hydroxylation is 1. The van der Waals surface area contributed by atoms with E-state index in [0.717, 1.165) is 6.42 Å². The van der Waals surface area contributed by atoms with Crippen molar-refractivity contribution in [1.29, 1.82) is 0 Å². The molecule has 3 N–H and O–H groups in total. The van der Waals surface area contributed by atoms with E-state index in [1.54, 1.807) is 0 Å². The van der Waals surface area contributed by atoms with Crippen LogP contribution in [0, 0.1) is 5.41 Å². The highest BCUT2D eigenvalue weighted by Crippen LogP contribution is 2.54. The summed E-state index contributed by atoms with van der Waals surface area (Å²) < 4.78 is 0. The fraction of sp³-hybridized carbons (Fsp3) is 0.538. The highest BCUT2D eigenvalue weighted by molar-refractivity contribution is 5.28. The van der Waals surface area contributed by atoms with Crippen molar-refractivity contribution in [2.45, 2.75) is 39.2 Å². The van der Waals surface area contributed by atoms with Crippen LogP contribution in [0.25, 0.3) is 0 Å². The summed E-state index contributed by atoms with van der Waals surface area (Å²) in [5, 5.41) is 0. The summed E-state index contributed by atoms with van der Waals surface area (Å²) in [5.74, 6) is 5.67. The van der Waals surface area contributed by atoms with Crippen LogP contribution in [0.5, 0.6) is 0 Å². The van der Waals surface area contributed by atoms with Gasteiger partial charge in [-0.25, -0.2) is 0 Å². The summed E-state index contributed by atoms with van der Waals surface area (Å²) >= 11 is 0. The summed E-state index contributed by atoms with van der Waals surface area (Å²) in [6.45, 7) is 4.49. The van der Waals surface area contributed by atoms with Crippen LogP contribution in [-0.2, 0) is 6.42 Å². The number of hydrazine groups is 1. The smallest absolute Gasteiger partial charge is 0.0513 e. The Bertz CT molecular complexity index is 342. The molecule has 1 atom stereocenters. The maximum Gasteiger partial charge on any atom is 0.0513 e. The number of hydrogen-bond donors (Lipinski definition) is 2. The molecule has 2 nitrogen and oxygen atoms in total. The minimum absolute atomic E-state index is 0.309. The molecule has 1 aromatic carbocycles. The minimum Gasteiger partial charge on any atom is -0.271 e. The third-order valence-corrected chi connectivity index (χ3v) is 3.59. The highest BCUT2D eigenvalue weighted by atomic mass is 15.2. The number of rotatable bonds is 4. The summed E-state index contributed by atoms with van der Waals surface area (Å²) in [6, 6.07) is 9.06. The van der Waals surface area contributed by atoms with E-state index in [4.69, 9.17) is 5.84 Å². The van der Waals surface area contributed by atoms with Crippen LogP contribution >= 0.6 is 0 Å². The van der Waals surface area contributed by atoms with Gasteiger partial charge in [0.05, 0.1) is 6.04 Å². The molecule has 0 saturated heterocycles. The van der Waals surface area contributed by atoms with Crippen molar-refractivity contribution in [1.82, 2.24) is 5.43 Å². The number of nitrogens with one attached hydrogen (secondary N) is 1. The summed E-state index contributed by atoms with van der Waals surface area (Å²) in [6.07, 6.45) is 3.64. The molecule has 1 aliphatic carbocycles. The van der Waals surface area contributed by atoms with Crippen molar-refractivity contribution in [2.75, 3.05) is 0 Å². The molecule has 0 aliphatic heterocycles. The second-order valence-electron chi connectivity index (χ2n) is 4.85. The van der Waals surface area contributed by atoms with Crippen LogP contribution in [0.15, 0.2) is 24.3 Å². The molecule has 15 heavy (non-hydrogen) atoms. The standard InChI is InChI=1S/C13H20N2/c1-3-10-5-4-6-11(9-10)12(15-14)13(2)7-8-13/h4-6,9,12,15H,3,7-8,14H2,1-2H3. The van der Waals surface area contributed by atoms with Gasteiger partial charge in [-0.05, 0) is 35.8 Å². The molecule has 2 rings (SSSR count). The van der Waals surface area contributed by atoms with Crippen LogP contribution < -0.4 is 11.3 Å². The minimum atomic E-state index is 0.309. The zero-order valence-electron chi connectivity index (χ0n) is 9.59. The van der Waals surface area contributed by atoms with Crippen molar-refractivity contribution >= 4 is 0 Å². The topological polar surface area (TPSA) is 38.0 Å². The lowest BCUT2D eigenvalue weighted by Crippen LogP contribution is -2.33. The Kier molecular flexibility index (Phi) is 2.81. The SMILES string of the molecule is CCc1cccc(C(NN)C2(C)CC2)c1. The second kappa shape index (κ2) is 3.95. The normalized spacial score (nSPS) is 19.9. The van der Waals surface area contributed by atoms with Crippen LogP contribution in [0.1, 0.15) is 43.9 Å². The van der Waals surface area contributed by atoms with Crippen LogP contribution in [-0.4, -0.2) is 0 Å². The Morgan fingerprint density at radius 2 is 2.20 bits per heavy atom. The lowest BCUT2D eigenvalue weighted by Gasteiger charge is -2.23. The van der Waals surface area contributed by atoms with Gasteiger partial charge in [-0.1, -0.05) is 38.1 Å². The molecule has 1 aromatic rings. The largest absolute Gasteiger partial charge is 0.271 e. The average Bonchev–Trinajstić information content (AvgIpc) is 2.98. The van der Waals surface area contributed by atoms with Crippen LogP contribution in [0.4, 0.5) is 0 Å². The lowest BCUT2D eigenvalue weighted by atomic mass is 9.91. The molecule has 1 fully saturated rings. The summed E-state index contributed by atoms with van der Waals surface area (Å²) in [7, 11) is 0. The van der Waals surface area contributed by atoms with Crippen molar-refractivity contribution in [3.8, 4) is 0 Å². The molecule has 0 aromatic heterocycles. The van der Waals surface area contributed by atoms with E-state index in [0.29, 0.717) is 11.5 Å². The van der Waals surface area contributed by atoms with E-state index in [-0.39, 0.29) is 0 Å². The van der Waals surface area contributed by atoms with Crippen molar-refractivity contribution in [3.05, 3.63) is 35.4 Å². The molecule has 0 spiro atoms. The Morgan fingerprint density at radius 3 is 2.73 bits per heavy atom. The Morgan fingerprint density at radius 1 is 1.47 bits per heavy atom.